The zero-order valence-corrected chi connectivity index (χ0v) is 30.4. The van der Waals surface area contributed by atoms with Crippen molar-refractivity contribution in [2.24, 2.45) is 0 Å². The SMILES string of the molecule is CC(C)(C)OC(=O)N1CCN(c2ccc(-c3cc4cccnc4n3S(=O)(=O)C3(C)C=C(Cl)C(c4cnc(C5(O)CCC5)s4)=CC3)cc2)CC1. The number of thiazole rings is 1. The number of carbonyl (C=O) groups excluding carboxylic acids is 1. The van der Waals surface area contributed by atoms with Gasteiger partial charge in [0.05, 0.1) is 10.6 Å². The van der Waals surface area contributed by atoms with Gasteiger partial charge in [0, 0.05) is 60.3 Å². The number of halogens is 1. The fourth-order valence-corrected chi connectivity index (χ4v) is 9.96. The number of benzene rings is 1. The summed E-state index contributed by atoms with van der Waals surface area (Å²) < 4.78 is 35.0. The van der Waals surface area contributed by atoms with Crippen LogP contribution in [0.3, 0.4) is 0 Å². The molecule has 2 aliphatic carbocycles. The molecule has 1 amide bonds. The van der Waals surface area contributed by atoms with E-state index in [1.807, 2.05) is 63.2 Å². The molecule has 1 saturated heterocycles. The summed E-state index contributed by atoms with van der Waals surface area (Å²) in [5.74, 6) is 0. The lowest BCUT2D eigenvalue weighted by molar-refractivity contribution is -0.0389. The van der Waals surface area contributed by atoms with Crippen LogP contribution in [0.5, 0.6) is 0 Å². The van der Waals surface area contributed by atoms with E-state index in [1.165, 1.54) is 15.3 Å². The summed E-state index contributed by atoms with van der Waals surface area (Å²) in [6.07, 6.45) is 9.02. The number of aliphatic hydroxyl groups is 1. The first-order valence-corrected chi connectivity index (χ1v) is 19.1. The van der Waals surface area contributed by atoms with E-state index in [-0.39, 0.29) is 12.5 Å². The number of ether oxygens (including phenoxy) is 1. The number of aromatic nitrogens is 3. The molecule has 1 atom stereocenters. The van der Waals surface area contributed by atoms with Gasteiger partial charge in [0.1, 0.15) is 21.0 Å². The number of allylic oxidation sites excluding steroid dienone is 3. The third-order valence-corrected chi connectivity index (χ3v) is 13.4. The third kappa shape index (κ3) is 6.17. The zero-order valence-electron chi connectivity index (χ0n) is 28.0. The molecule has 1 N–H and O–H groups in total. The van der Waals surface area contributed by atoms with Crippen LogP contribution in [0, 0.1) is 0 Å². The van der Waals surface area contributed by atoms with E-state index in [0.717, 1.165) is 28.1 Å². The average Bonchev–Trinajstić information content (AvgIpc) is 3.69. The number of anilines is 1. The largest absolute Gasteiger partial charge is 0.444 e. The van der Waals surface area contributed by atoms with Crippen molar-refractivity contribution in [2.45, 2.75) is 69.3 Å². The molecule has 1 aromatic carbocycles. The second-order valence-corrected chi connectivity index (χ2v) is 17.9. The first-order chi connectivity index (χ1) is 23.2. The predicted molar refractivity (Wildman–Crippen MR) is 194 cm³/mol. The Morgan fingerprint density at radius 3 is 2.41 bits per heavy atom. The zero-order chi connectivity index (χ0) is 34.8. The highest BCUT2D eigenvalue weighted by atomic mass is 35.5. The van der Waals surface area contributed by atoms with E-state index in [0.29, 0.717) is 65.8 Å². The predicted octanol–water partition coefficient (Wildman–Crippen LogP) is 7.14. The van der Waals surface area contributed by atoms with Gasteiger partial charge in [0.25, 0.3) is 0 Å². The summed E-state index contributed by atoms with van der Waals surface area (Å²) in [7, 11) is -4.10. The normalized spacial score (nSPS) is 21.3. The highest BCUT2D eigenvalue weighted by Gasteiger charge is 2.44. The highest BCUT2D eigenvalue weighted by molar-refractivity contribution is 7.91. The van der Waals surface area contributed by atoms with Crippen molar-refractivity contribution in [1.29, 1.82) is 0 Å². The minimum atomic E-state index is -4.10. The summed E-state index contributed by atoms with van der Waals surface area (Å²) in [6, 6.07) is 13.3. The van der Waals surface area contributed by atoms with E-state index in [4.69, 9.17) is 16.3 Å². The Labute approximate surface area is 295 Å². The molecule has 3 aliphatic rings. The van der Waals surface area contributed by atoms with Gasteiger partial charge in [0.2, 0.25) is 10.0 Å². The lowest BCUT2D eigenvalue weighted by Crippen LogP contribution is -2.50. The van der Waals surface area contributed by atoms with E-state index in [9.17, 15) is 18.3 Å². The number of hydrogen-bond donors (Lipinski definition) is 1. The Kier molecular flexibility index (Phi) is 8.45. The lowest BCUT2D eigenvalue weighted by atomic mass is 9.81. The van der Waals surface area contributed by atoms with Crippen molar-refractivity contribution in [3.05, 3.63) is 81.9 Å². The van der Waals surface area contributed by atoms with E-state index >= 15 is 0 Å². The molecular weight excluding hydrogens is 682 g/mol. The fourth-order valence-electron chi connectivity index (χ4n) is 6.53. The molecule has 1 aliphatic heterocycles. The molecule has 0 radical (unpaired) electrons. The molecule has 4 heterocycles. The summed E-state index contributed by atoms with van der Waals surface area (Å²) in [5, 5.41) is 12.5. The number of piperazine rings is 1. The van der Waals surface area contributed by atoms with Crippen LogP contribution in [0.4, 0.5) is 10.5 Å². The van der Waals surface area contributed by atoms with Gasteiger partial charge < -0.3 is 19.6 Å². The van der Waals surface area contributed by atoms with Crippen molar-refractivity contribution in [3.63, 3.8) is 0 Å². The number of rotatable bonds is 6. The van der Waals surface area contributed by atoms with Crippen molar-refractivity contribution in [3.8, 4) is 11.3 Å². The number of nitrogens with zero attached hydrogens (tertiary/aromatic N) is 5. The molecule has 49 heavy (non-hydrogen) atoms. The third-order valence-electron chi connectivity index (χ3n) is 9.56. The topological polar surface area (TPSA) is 118 Å². The van der Waals surface area contributed by atoms with E-state index in [2.05, 4.69) is 14.9 Å². The van der Waals surface area contributed by atoms with Crippen molar-refractivity contribution >= 4 is 61.3 Å². The molecular formula is C36H40ClN5O5S2. The molecule has 3 aromatic heterocycles. The highest BCUT2D eigenvalue weighted by Crippen LogP contribution is 2.46. The van der Waals surface area contributed by atoms with Crippen LogP contribution in [0.2, 0.25) is 0 Å². The molecule has 0 spiro atoms. The summed E-state index contributed by atoms with van der Waals surface area (Å²) in [6.45, 7) is 9.67. The van der Waals surface area contributed by atoms with Gasteiger partial charge in [-0.05, 0) is 95.3 Å². The van der Waals surface area contributed by atoms with Gasteiger partial charge in [-0.15, -0.1) is 11.3 Å². The van der Waals surface area contributed by atoms with Crippen LogP contribution in [-0.4, -0.2) is 75.0 Å². The second-order valence-electron chi connectivity index (χ2n) is 14.3. The Bertz CT molecular complexity index is 2080. The molecule has 0 bridgehead atoms. The maximum Gasteiger partial charge on any atom is 0.410 e. The maximum atomic E-state index is 14.7. The second kappa shape index (κ2) is 12.3. The van der Waals surface area contributed by atoms with Gasteiger partial charge in [-0.25, -0.2) is 27.2 Å². The Morgan fingerprint density at radius 2 is 1.78 bits per heavy atom. The molecule has 1 saturated carbocycles. The molecule has 2 fully saturated rings. The van der Waals surface area contributed by atoms with Crippen LogP contribution >= 0.6 is 22.9 Å². The maximum absolute atomic E-state index is 14.7. The van der Waals surface area contributed by atoms with Gasteiger partial charge in [-0.2, -0.15) is 0 Å². The quantitative estimate of drug-likeness (QED) is 0.223. The summed E-state index contributed by atoms with van der Waals surface area (Å²) in [5.41, 5.74) is 1.88. The van der Waals surface area contributed by atoms with Crippen LogP contribution in [0.1, 0.15) is 63.3 Å². The smallest absolute Gasteiger partial charge is 0.410 e. The van der Waals surface area contributed by atoms with Crippen molar-refractivity contribution < 1.29 is 23.1 Å². The number of fused-ring (bicyclic) bond motifs is 1. The first-order valence-electron chi connectivity index (χ1n) is 16.5. The number of carbonyl (C=O) groups is 1. The van der Waals surface area contributed by atoms with E-state index in [1.54, 1.807) is 36.4 Å². The van der Waals surface area contributed by atoms with Crippen LogP contribution in [0.15, 0.2) is 72.0 Å². The Hall–Kier alpha value is -3.71. The minimum Gasteiger partial charge on any atom is -0.444 e. The minimum absolute atomic E-state index is 0.193. The van der Waals surface area contributed by atoms with E-state index < -0.39 is 26.0 Å². The molecule has 13 heteroatoms. The molecule has 10 nitrogen and oxygen atoms in total. The monoisotopic (exact) mass is 721 g/mol. The Balaban J connectivity index is 1.15. The molecule has 1 unspecified atom stereocenters. The van der Waals surface area contributed by atoms with Crippen molar-refractivity contribution in [1.82, 2.24) is 18.8 Å². The van der Waals surface area contributed by atoms with Gasteiger partial charge in [-0.1, -0.05) is 29.8 Å². The van der Waals surface area contributed by atoms with Gasteiger partial charge >= 0.3 is 6.09 Å². The molecule has 7 rings (SSSR count). The first kappa shape index (κ1) is 33.8. The lowest BCUT2D eigenvalue weighted by Gasteiger charge is -2.36. The number of pyridine rings is 1. The number of hydrogen-bond acceptors (Lipinski definition) is 9. The van der Waals surface area contributed by atoms with Crippen LogP contribution < -0.4 is 4.90 Å². The standard InChI is InChI=1S/C36H40ClN5O5S2/c1-34(2,3)47-33(43)41-19-17-40(18-20-41)26-10-8-24(9-11-26)29-21-25-7-5-16-38-31(25)42(29)49(45,46)35(4)15-12-27(28(37)22-35)30-23-39-32(48-30)36(44)13-6-14-36/h5,7-12,16,21-23,44H,6,13-15,17-20H2,1-4H3. The average molecular weight is 722 g/mol. The molecule has 258 valence electrons. The van der Waals surface area contributed by atoms with Crippen molar-refractivity contribution in [2.75, 3.05) is 31.1 Å². The number of amides is 1. The van der Waals surface area contributed by atoms with Crippen LogP contribution in [-0.2, 0) is 20.4 Å². The van der Waals surface area contributed by atoms with Crippen LogP contribution in [0.25, 0.3) is 27.9 Å². The molecule has 4 aromatic rings. The summed E-state index contributed by atoms with van der Waals surface area (Å²) in [4.78, 5) is 26.2. The van der Waals surface area contributed by atoms with Gasteiger partial charge in [0.15, 0.2) is 5.65 Å². The Morgan fingerprint density at radius 1 is 1.06 bits per heavy atom. The summed E-state index contributed by atoms with van der Waals surface area (Å²) >= 11 is 8.25. The van der Waals surface area contributed by atoms with Gasteiger partial charge in [-0.3, -0.25) is 0 Å². The fraction of sp³-hybridized carbons (Fsp3) is 0.417.